The summed E-state index contributed by atoms with van der Waals surface area (Å²) in [4.78, 5) is 25.7. The third kappa shape index (κ3) is 2.63. The highest BCUT2D eigenvalue weighted by Crippen LogP contribution is 2.31. The first-order chi connectivity index (χ1) is 10.6. The Hall–Kier alpha value is -2.18. The minimum atomic E-state index is -0.542. The number of hydrogen-bond acceptors (Lipinski definition) is 4. The SMILES string of the molecule is C=CC(=O)Nc1cccc(C(=O)N2C[C@@H](O)[C@@H]3COC[C@@H]32)c1. The van der Waals surface area contributed by atoms with E-state index in [4.69, 9.17) is 4.74 Å². The lowest BCUT2D eigenvalue weighted by Crippen LogP contribution is -2.38. The molecule has 22 heavy (non-hydrogen) atoms. The lowest BCUT2D eigenvalue weighted by atomic mass is 10.0. The Bertz CT molecular complexity index is 616. The van der Waals surface area contributed by atoms with Gasteiger partial charge >= 0.3 is 0 Å². The molecule has 0 bridgehead atoms. The van der Waals surface area contributed by atoms with E-state index in [1.54, 1.807) is 29.2 Å². The fraction of sp³-hybridized carbons (Fsp3) is 0.375. The summed E-state index contributed by atoms with van der Waals surface area (Å²) in [5.74, 6) is -0.496. The average Bonchev–Trinajstić information content (AvgIpc) is 3.11. The number of nitrogens with zero attached hydrogens (tertiary/aromatic N) is 1. The predicted octanol–water partition coefficient (Wildman–Crippen LogP) is 0.643. The van der Waals surface area contributed by atoms with Crippen molar-refractivity contribution >= 4 is 17.5 Å². The number of carbonyl (C=O) groups excluding carboxylic acids is 2. The van der Waals surface area contributed by atoms with Crippen molar-refractivity contribution in [2.24, 2.45) is 5.92 Å². The molecule has 0 unspecified atom stereocenters. The van der Waals surface area contributed by atoms with E-state index in [1.807, 2.05) is 0 Å². The van der Waals surface area contributed by atoms with Crippen LogP contribution in [0.1, 0.15) is 10.4 Å². The third-order valence-corrected chi connectivity index (χ3v) is 4.19. The molecule has 2 N–H and O–H groups in total. The average molecular weight is 302 g/mol. The van der Waals surface area contributed by atoms with Gasteiger partial charge in [0.2, 0.25) is 5.91 Å². The monoisotopic (exact) mass is 302 g/mol. The molecule has 6 nitrogen and oxygen atoms in total. The molecule has 2 saturated heterocycles. The highest BCUT2D eigenvalue weighted by molar-refractivity contribution is 6.01. The Labute approximate surface area is 128 Å². The Morgan fingerprint density at radius 1 is 1.41 bits per heavy atom. The Morgan fingerprint density at radius 2 is 2.23 bits per heavy atom. The molecule has 6 heteroatoms. The number of ether oxygens (including phenoxy) is 1. The second-order valence-corrected chi connectivity index (χ2v) is 5.57. The van der Waals surface area contributed by atoms with E-state index in [9.17, 15) is 14.7 Å². The second-order valence-electron chi connectivity index (χ2n) is 5.57. The number of amides is 2. The number of likely N-dealkylation sites (tertiary alicyclic amines) is 1. The number of carbonyl (C=O) groups is 2. The number of hydrogen-bond donors (Lipinski definition) is 2. The van der Waals surface area contributed by atoms with Gasteiger partial charge < -0.3 is 20.1 Å². The van der Waals surface area contributed by atoms with Gasteiger partial charge in [-0.15, -0.1) is 0 Å². The number of benzene rings is 1. The number of aliphatic hydroxyl groups excluding tert-OH is 1. The largest absolute Gasteiger partial charge is 0.391 e. The fourth-order valence-electron chi connectivity index (χ4n) is 3.04. The van der Waals surface area contributed by atoms with Crippen LogP contribution < -0.4 is 5.32 Å². The van der Waals surface area contributed by atoms with Crippen molar-refractivity contribution in [3.8, 4) is 0 Å². The van der Waals surface area contributed by atoms with Crippen LogP contribution in [0.4, 0.5) is 5.69 Å². The molecule has 0 radical (unpaired) electrons. The fourth-order valence-corrected chi connectivity index (χ4v) is 3.04. The van der Waals surface area contributed by atoms with E-state index < -0.39 is 6.10 Å². The maximum atomic E-state index is 12.7. The van der Waals surface area contributed by atoms with Crippen molar-refractivity contribution in [3.63, 3.8) is 0 Å². The molecular weight excluding hydrogens is 284 g/mol. The van der Waals surface area contributed by atoms with Crippen LogP contribution in [-0.2, 0) is 9.53 Å². The highest BCUT2D eigenvalue weighted by Gasteiger charge is 2.46. The standard InChI is InChI=1S/C16H18N2O4/c1-2-15(20)17-11-5-3-4-10(6-11)16(21)18-7-14(19)12-8-22-9-13(12)18/h2-6,12-14,19H,1,7-9H2,(H,17,20)/t12-,13+,14-/m1/s1. The van der Waals surface area contributed by atoms with E-state index in [-0.39, 0.29) is 23.8 Å². The van der Waals surface area contributed by atoms with Crippen molar-refractivity contribution in [1.29, 1.82) is 0 Å². The van der Waals surface area contributed by atoms with E-state index >= 15 is 0 Å². The predicted molar refractivity (Wildman–Crippen MR) is 80.4 cm³/mol. The summed E-state index contributed by atoms with van der Waals surface area (Å²) in [6.45, 7) is 4.66. The van der Waals surface area contributed by atoms with Crippen LogP contribution in [0.3, 0.4) is 0 Å². The molecule has 2 fully saturated rings. The van der Waals surface area contributed by atoms with Crippen LogP contribution in [-0.4, -0.2) is 53.7 Å². The molecule has 1 aromatic rings. The van der Waals surface area contributed by atoms with Gasteiger partial charge in [0.15, 0.2) is 0 Å². The van der Waals surface area contributed by atoms with Crippen LogP contribution in [0.2, 0.25) is 0 Å². The first-order valence-electron chi connectivity index (χ1n) is 7.20. The summed E-state index contributed by atoms with van der Waals surface area (Å²) < 4.78 is 5.37. The van der Waals surface area contributed by atoms with Gasteiger partial charge in [-0.05, 0) is 24.3 Å². The number of rotatable bonds is 3. The van der Waals surface area contributed by atoms with Gasteiger partial charge in [0, 0.05) is 23.7 Å². The van der Waals surface area contributed by atoms with Crippen LogP contribution in [0.15, 0.2) is 36.9 Å². The molecule has 1 aromatic carbocycles. The number of β-amino-alcohol motifs (C(OH)–C–C–N with tert-alkyl or cyclic N) is 1. The molecule has 0 aliphatic carbocycles. The topological polar surface area (TPSA) is 78.9 Å². The van der Waals surface area contributed by atoms with Crippen LogP contribution >= 0.6 is 0 Å². The molecule has 3 rings (SSSR count). The summed E-state index contributed by atoms with van der Waals surface area (Å²) in [7, 11) is 0. The van der Waals surface area contributed by atoms with E-state index in [0.29, 0.717) is 31.0 Å². The zero-order valence-electron chi connectivity index (χ0n) is 12.1. The van der Waals surface area contributed by atoms with Crippen molar-refractivity contribution in [2.45, 2.75) is 12.1 Å². The third-order valence-electron chi connectivity index (χ3n) is 4.19. The number of anilines is 1. The van der Waals surface area contributed by atoms with Gasteiger partial charge in [0.1, 0.15) is 0 Å². The first kappa shape index (κ1) is 14.7. The minimum Gasteiger partial charge on any atom is -0.391 e. The second kappa shape index (κ2) is 5.90. The molecule has 0 aromatic heterocycles. The molecule has 3 atom stereocenters. The van der Waals surface area contributed by atoms with Gasteiger partial charge in [-0.1, -0.05) is 12.6 Å². The van der Waals surface area contributed by atoms with Crippen molar-refractivity contribution < 1.29 is 19.4 Å². The molecular formula is C16H18N2O4. The lowest BCUT2D eigenvalue weighted by Gasteiger charge is -2.22. The molecule has 0 saturated carbocycles. The molecule has 116 valence electrons. The van der Waals surface area contributed by atoms with E-state index in [1.165, 1.54) is 6.08 Å². The maximum Gasteiger partial charge on any atom is 0.254 e. The summed E-state index contributed by atoms with van der Waals surface area (Å²) in [6.07, 6.45) is 0.631. The van der Waals surface area contributed by atoms with Gasteiger partial charge in [0.05, 0.1) is 25.4 Å². The van der Waals surface area contributed by atoms with Crippen LogP contribution in [0.5, 0.6) is 0 Å². The molecule has 2 amide bonds. The van der Waals surface area contributed by atoms with E-state index in [2.05, 4.69) is 11.9 Å². The number of fused-ring (bicyclic) bond motifs is 1. The van der Waals surface area contributed by atoms with Gasteiger partial charge in [0.25, 0.3) is 5.91 Å². The summed E-state index contributed by atoms with van der Waals surface area (Å²) in [5, 5.41) is 12.7. The van der Waals surface area contributed by atoms with Gasteiger partial charge in [-0.3, -0.25) is 9.59 Å². The van der Waals surface area contributed by atoms with Crippen molar-refractivity contribution in [1.82, 2.24) is 4.90 Å². The summed E-state index contributed by atoms with van der Waals surface area (Å²) in [5.41, 5.74) is 1.01. The molecule has 2 heterocycles. The van der Waals surface area contributed by atoms with Crippen LogP contribution in [0, 0.1) is 5.92 Å². The highest BCUT2D eigenvalue weighted by atomic mass is 16.5. The lowest BCUT2D eigenvalue weighted by molar-refractivity contribution is -0.111. The molecule has 2 aliphatic rings. The minimum absolute atomic E-state index is 0.00685. The Balaban J connectivity index is 1.79. The maximum absolute atomic E-state index is 12.7. The molecule has 0 spiro atoms. The summed E-state index contributed by atoms with van der Waals surface area (Å²) >= 11 is 0. The first-order valence-corrected chi connectivity index (χ1v) is 7.20. The quantitative estimate of drug-likeness (QED) is 0.803. The number of nitrogens with one attached hydrogen (secondary N) is 1. The molecule has 2 aliphatic heterocycles. The van der Waals surface area contributed by atoms with Crippen molar-refractivity contribution in [3.05, 3.63) is 42.5 Å². The smallest absolute Gasteiger partial charge is 0.254 e. The Kier molecular flexibility index (Phi) is 3.96. The zero-order valence-corrected chi connectivity index (χ0v) is 12.1. The zero-order chi connectivity index (χ0) is 15.7. The van der Waals surface area contributed by atoms with Gasteiger partial charge in [-0.2, -0.15) is 0 Å². The van der Waals surface area contributed by atoms with Gasteiger partial charge in [-0.25, -0.2) is 0 Å². The number of aliphatic hydroxyl groups is 1. The Morgan fingerprint density at radius 3 is 3.00 bits per heavy atom. The van der Waals surface area contributed by atoms with Crippen LogP contribution in [0.25, 0.3) is 0 Å². The normalized spacial score (nSPS) is 26.6. The summed E-state index contributed by atoms with van der Waals surface area (Å²) in [6, 6.07) is 6.66. The van der Waals surface area contributed by atoms with Crippen molar-refractivity contribution in [2.75, 3.05) is 25.1 Å². The van der Waals surface area contributed by atoms with E-state index in [0.717, 1.165) is 0 Å².